The Bertz CT molecular complexity index is 497. The molecule has 2 aliphatic heterocycles. The van der Waals surface area contributed by atoms with Crippen LogP contribution in [0.3, 0.4) is 0 Å². The predicted octanol–water partition coefficient (Wildman–Crippen LogP) is -0.850. The molecule has 9 nitrogen and oxygen atoms in total. The van der Waals surface area contributed by atoms with Crippen molar-refractivity contribution in [1.82, 2.24) is 19.6 Å². The van der Waals surface area contributed by atoms with Gasteiger partial charge in [0.05, 0.1) is 0 Å². The van der Waals surface area contributed by atoms with Crippen LogP contribution in [-0.2, 0) is 14.3 Å². The number of likely N-dealkylation sites (N-methyl/N-ethyl adjacent to an activating group) is 4. The third kappa shape index (κ3) is 1.13. The minimum Gasteiger partial charge on any atom is -0.345 e. The molecular formula is C11H18N4O5. The average Bonchev–Trinajstić information content (AvgIpc) is 2.62. The normalized spacial score (nSPS) is 34.2. The maximum Gasteiger partial charge on any atom is 0.330 e. The molecular weight excluding hydrogens is 268 g/mol. The van der Waals surface area contributed by atoms with Crippen LogP contribution < -0.4 is 0 Å². The van der Waals surface area contributed by atoms with Crippen molar-refractivity contribution in [2.75, 3.05) is 42.4 Å². The van der Waals surface area contributed by atoms with Gasteiger partial charge in [-0.05, 0) is 0 Å². The molecule has 2 heterocycles. The molecule has 0 aromatic carbocycles. The molecule has 2 aliphatic rings. The zero-order valence-corrected chi connectivity index (χ0v) is 12.3. The van der Waals surface area contributed by atoms with E-state index in [-0.39, 0.29) is 0 Å². The maximum absolute atomic E-state index is 12.6. The van der Waals surface area contributed by atoms with Crippen molar-refractivity contribution in [2.45, 2.75) is 11.6 Å². The van der Waals surface area contributed by atoms with E-state index in [9.17, 15) is 14.4 Å². The van der Waals surface area contributed by atoms with Crippen LogP contribution in [0.15, 0.2) is 0 Å². The predicted molar refractivity (Wildman–Crippen MR) is 66.3 cm³/mol. The first-order valence-corrected chi connectivity index (χ1v) is 5.91. The Labute approximate surface area is 116 Å². The Balaban J connectivity index is 2.80. The summed E-state index contributed by atoms with van der Waals surface area (Å²) in [6, 6.07) is -1.07. The highest BCUT2D eigenvalue weighted by atomic mass is 16.6. The Morgan fingerprint density at radius 3 is 1.75 bits per heavy atom. The lowest BCUT2D eigenvalue weighted by atomic mass is 10.0. The fourth-order valence-electron chi connectivity index (χ4n) is 3.11. The molecule has 0 radical (unpaired) electrons. The second kappa shape index (κ2) is 4.06. The molecule has 0 saturated carbocycles. The molecule has 9 heteroatoms. The average molecular weight is 286 g/mol. The standard InChI is InChI=1S/C11H18N4O5/c1-12-7(16)10(19-5)11(20-6,14(3)8(12)17)15(4)9(18)13(10)2/h1-6H3/t10-,11-/m0/s1. The second-order valence-corrected chi connectivity index (χ2v) is 4.77. The first kappa shape index (κ1) is 14.5. The van der Waals surface area contributed by atoms with Gasteiger partial charge in [0, 0.05) is 42.4 Å². The SMILES string of the molecule is CO[C@]12N(C)C(=O)N(C)C(=O)[C@@]1(OC)N(C)C(=O)N2C. The fourth-order valence-corrected chi connectivity index (χ4v) is 3.11. The van der Waals surface area contributed by atoms with Gasteiger partial charge in [0.2, 0.25) is 0 Å². The fraction of sp³-hybridized carbons (Fsp3) is 0.727. The number of fused-ring (bicyclic) bond motifs is 1. The van der Waals surface area contributed by atoms with Gasteiger partial charge in [-0.1, -0.05) is 0 Å². The number of amides is 5. The maximum atomic E-state index is 12.6. The lowest BCUT2D eigenvalue weighted by Gasteiger charge is -2.53. The number of nitrogens with zero attached hydrogens (tertiary/aromatic N) is 4. The van der Waals surface area contributed by atoms with Crippen molar-refractivity contribution in [2.24, 2.45) is 0 Å². The zero-order chi connectivity index (χ0) is 15.5. The summed E-state index contributed by atoms with van der Waals surface area (Å²) in [6.45, 7) is 0. The molecule has 5 amide bonds. The summed E-state index contributed by atoms with van der Waals surface area (Å²) in [5.41, 5.74) is -1.76. The van der Waals surface area contributed by atoms with Crippen LogP contribution in [0.4, 0.5) is 9.59 Å². The molecule has 0 spiro atoms. The first-order valence-electron chi connectivity index (χ1n) is 5.91. The molecule has 0 aromatic rings. The van der Waals surface area contributed by atoms with Crippen molar-refractivity contribution in [3.8, 4) is 0 Å². The molecule has 0 aliphatic carbocycles. The van der Waals surface area contributed by atoms with E-state index in [1.807, 2.05) is 0 Å². The van der Waals surface area contributed by atoms with Gasteiger partial charge >= 0.3 is 12.1 Å². The van der Waals surface area contributed by atoms with Crippen molar-refractivity contribution in [3.63, 3.8) is 0 Å². The summed E-state index contributed by atoms with van der Waals surface area (Å²) in [6.07, 6.45) is 0. The van der Waals surface area contributed by atoms with Gasteiger partial charge in [0.15, 0.2) is 0 Å². The highest BCUT2D eigenvalue weighted by Crippen LogP contribution is 2.47. The van der Waals surface area contributed by atoms with Crippen molar-refractivity contribution >= 4 is 18.0 Å². The highest BCUT2D eigenvalue weighted by molar-refractivity contribution is 6.06. The summed E-state index contributed by atoms with van der Waals surface area (Å²) >= 11 is 0. The van der Waals surface area contributed by atoms with E-state index in [1.54, 1.807) is 0 Å². The van der Waals surface area contributed by atoms with Crippen LogP contribution in [-0.4, -0.2) is 91.6 Å². The number of ether oxygens (including phenoxy) is 2. The smallest absolute Gasteiger partial charge is 0.330 e. The molecule has 0 bridgehead atoms. The number of carbonyl (C=O) groups is 3. The highest BCUT2D eigenvalue weighted by Gasteiger charge is 2.78. The largest absolute Gasteiger partial charge is 0.345 e. The summed E-state index contributed by atoms with van der Waals surface area (Å²) in [5, 5.41) is 0. The third-order valence-electron chi connectivity index (χ3n) is 4.15. The number of urea groups is 2. The van der Waals surface area contributed by atoms with E-state index in [1.165, 1.54) is 52.2 Å². The number of hydrogen-bond acceptors (Lipinski definition) is 5. The van der Waals surface area contributed by atoms with E-state index >= 15 is 0 Å². The second-order valence-electron chi connectivity index (χ2n) is 4.77. The van der Waals surface area contributed by atoms with Crippen LogP contribution in [0.2, 0.25) is 0 Å². The monoisotopic (exact) mass is 286 g/mol. The van der Waals surface area contributed by atoms with E-state index < -0.39 is 29.5 Å². The van der Waals surface area contributed by atoms with Gasteiger partial charge in [0.25, 0.3) is 17.5 Å². The van der Waals surface area contributed by atoms with Crippen LogP contribution in [0.1, 0.15) is 0 Å². The van der Waals surface area contributed by atoms with Gasteiger partial charge < -0.3 is 9.47 Å². The molecule has 0 N–H and O–H groups in total. The molecule has 0 unspecified atom stereocenters. The summed E-state index contributed by atoms with van der Waals surface area (Å²) < 4.78 is 10.9. The van der Waals surface area contributed by atoms with Crippen molar-refractivity contribution in [1.29, 1.82) is 0 Å². The van der Waals surface area contributed by atoms with Gasteiger partial charge in [-0.15, -0.1) is 0 Å². The van der Waals surface area contributed by atoms with Crippen LogP contribution in [0, 0.1) is 0 Å². The molecule has 2 atom stereocenters. The van der Waals surface area contributed by atoms with E-state index in [2.05, 4.69) is 0 Å². The molecule has 2 rings (SSSR count). The Kier molecular flexibility index (Phi) is 2.95. The Hall–Kier alpha value is -1.87. The summed E-state index contributed by atoms with van der Waals surface area (Å²) in [5.74, 6) is -2.32. The lowest BCUT2D eigenvalue weighted by molar-refractivity contribution is -0.297. The Morgan fingerprint density at radius 1 is 0.800 bits per heavy atom. The van der Waals surface area contributed by atoms with Crippen LogP contribution in [0.25, 0.3) is 0 Å². The molecule has 20 heavy (non-hydrogen) atoms. The quantitative estimate of drug-likeness (QED) is 0.660. The number of imide groups is 1. The van der Waals surface area contributed by atoms with Gasteiger partial charge in [-0.2, -0.15) is 0 Å². The molecule has 0 aromatic heterocycles. The van der Waals surface area contributed by atoms with E-state index in [4.69, 9.17) is 9.47 Å². The zero-order valence-electron chi connectivity index (χ0n) is 12.3. The van der Waals surface area contributed by atoms with E-state index in [0.29, 0.717) is 0 Å². The van der Waals surface area contributed by atoms with Gasteiger partial charge in [-0.25, -0.2) is 9.59 Å². The summed E-state index contributed by atoms with van der Waals surface area (Å²) in [4.78, 5) is 41.5. The number of rotatable bonds is 2. The van der Waals surface area contributed by atoms with Crippen molar-refractivity contribution < 1.29 is 23.9 Å². The van der Waals surface area contributed by atoms with Gasteiger partial charge in [0.1, 0.15) is 0 Å². The molecule has 112 valence electrons. The molecule has 2 saturated heterocycles. The van der Waals surface area contributed by atoms with Crippen LogP contribution >= 0.6 is 0 Å². The van der Waals surface area contributed by atoms with E-state index in [0.717, 1.165) is 9.80 Å². The number of carbonyl (C=O) groups excluding carboxylic acids is 3. The first-order chi connectivity index (χ1) is 9.23. The Morgan fingerprint density at radius 2 is 1.30 bits per heavy atom. The lowest BCUT2D eigenvalue weighted by Crippen LogP contribution is -2.81. The van der Waals surface area contributed by atoms with Crippen LogP contribution in [0.5, 0.6) is 0 Å². The van der Waals surface area contributed by atoms with Gasteiger partial charge in [-0.3, -0.25) is 24.4 Å². The number of hydrogen-bond donors (Lipinski definition) is 0. The van der Waals surface area contributed by atoms with Crippen molar-refractivity contribution in [3.05, 3.63) is 0 Å². The number of methoxy groups -OCH3 is 2. The third-order valence-corrected chi connectivity index (χ3v) is 4.15. The minimum atomic E-state index is -1.76. The molecule has 2 fully saturated rings. The minimum absolute atomic E-state index is 0.489. The summed E-state index contributed by atoms with van der Waals surface area (Å²) in [7, 11) is 8.28. The topological polar surface area (TPSA) is 82.6 Å².